The molecule has 5 N–H and O–H groups in total. The van der Waals surface area contributed by atoms with Crippen LogP contribution in [0.15, 0.2) is 0 Å². The number of thiocarbonyl (C=S) groups is 1. The van der Waals surface area contributed by atoms with Gasteiger partial charge in [-0.15, -0.1) is 0 Å². The van der Waals surface area contributed by atoms with Gasteiger partial charge >= 0.3 is 0 Å². The Morgan fingerprint density at radius 2 is 1.50 bits per heavy atom. The van der Waals surface area contributed by atoms with Crippen molar-refractivity contribution in [2.45, 2.75) is 31.7 Å². The van der Waals surface area contributed by atoms with Gasteiger partial charge in [0.2, 0.25) is 5.91 Å². The summed E-state index contributed by atoms with van der Waals surface area (Å²) in [5.41, 5.74) is 5.44. The third-order valence-corrected chi connectivity index (χ3v) is 5.27. The smallest absolute Gasteiger partial charge is 0.220 e. The summed E-state index contributed by atoms with van der Waals surface area (Å²) in [6.07, 6.45) is 2.86. The van der Waals surface area contributed by atoms with Crippen LogP contribution in [0.25, 0.3) is 0 Å². The predicted molar refractivity (Wildman–Crippen MR) is 134 cm³/mol. The van der Waals surface area contributed by atoms with E-state index >= 15 is 0 Å². The van der Waals surface area contributed by atoms with Gasteiger partial charge < -0.3 is 45.4 Å². The highest BCUT2D eigenvalue weighted by atomic mass is 32.1. The van der Waals surface area contributed by atoms with Crippen molar-refractivity contribution < 1.29 is 28.5 Å². The van der Waals surface area contributed by atoms with Crippen molar-refractivity contribution in [1.29, 1.82) is 0 Å². The summed E-state index contributed by atoms with van der Waals surface area (Å²) < 4.78 is 21.8. The predicted octanol–water partition coefficient (Wildman–Crippen LogP) is -0.965. The van der Waals surface area contributed by atoms with E-state index in [1.54, 1.807) is 0 Å². The highest BCUT2D eigenvalue weighted by Gasteiger charge is 2.09. The summed E-state index contributed by atoms with van der Waals surface area (Å²) in [4.78, 5) is 24.3. The highest BCUT2D eigenvalue weighted by molar-refractivity contribution is 7.80. The molecule has 34 heavy (non-hydrogen) atoms. The first-order valence-corrected chi connectivity index (χ1v) is 12.5. The number of carbonyl (C=O) groups is 2. The maximum Gasteiger partial charge on any atom is 0.220 e. The molecule has 0 aliphatic carbocycles. The Morgan fingerprint density at radius 1 is 0.941 bits per heavy atom. The Kier molecular flexibility index (Phi) is 19.9. The monoisotopic (exact) mass is 505 g/mol. The molecule has 0 aromatic heterocycles. The van der Waals surface area contributed by atoms with Gasteiger partial charge in [-0.2, -0.15) is 0 Å². The molecule has 0 spiro atoms. The normalized spacial score (nSPS) is 15.0. The molecule has 198 valence electrons. The topological polar surface area (TPSA) is 136 Å². The van der Waals surface area contributed by atoms with Crippen LogP contribution in [0.3, 0.4) is 0 Å². The van der Waals surface area contributed by atoms with Gasteiger partial charge in [-0.1, -0.05) is 0 Å². The Balaban J connectivity index is 1.74. The molecule has 1 saturated heterocycles. The lowest BCUT2D eigenvalue weighted by Crippen LogP contribution is -2.43. The van der Waals surface area contributed by atoms with Gasteiger partial charge in [0.1, 0.15) is 6.29 Å². The standard InChI is InChI=1S/C22H43N5O6S/c23-20(19-28)3-4-21(29)24-5-1-11-30-15-17-33-18-16-31-12-2-6-25-22(34)26-7-8-27-9-13-32-14-10-27/h19-20H,1-18,23H2,(H,24,29)(H2,25,26,34). The number of hydrogen-bond donors (Lipinski definition) is 4. The van der Waals surface area contributed by atoms with Crippen molar-refractivity contribution in [2.24, 2.45) is 5.73 Å². The van der Waals surface area contributed by atoms with Gasteiger partial charge in [0.15, 0.2) is 5.11 Å². The molecule has 1 rings (SSSR count). The molecule has 11 nitrogen and oxygen atoms in total. The number of ether oxygens (including phenoxy) is 4. The molecule has 1 aliphatic rings. The van der Waals surface area contributed by atoms with E-state index in [2.05, 4.69) is 20.9 Å². The maximum atomic E-state index is 11.5. The number of nitrogens with zero attached hydrogens (tertiary/aromatic N) is 1. The number of nitrogens with two attached hydrogens (primary N) is 1. The highest BCUT2D eigenvalue weighted by Crippen LogP contribution is 1.95. The Hall–Kier alpha value is -1.41. The van der Waals surface area contributed by atoms with Crippen LogP contribution >= 0.6 is 12.2 Å². The summed E-state index contributed by atoms with van der Waals surface area (Å²) in [6, 6.07) is -0.570. The van der Waals surface area contributed by atoms with E-state index in [-0.39, 0.29) is 12.3 Å². The number of morpholine rings is 1. The van der Waals surface area contributed by atoms with Gasteiger partial charge in [0.25, 0.3) is 0 Å². The first-order chi connectivity index (χ1) is 16.6. The van der Waals surface area contributed by atoms with Gasteiger partial charge in [0.05, 0.1) is 45.7 Å². The molecule has 0 radical (unpaired) electrons. The molecule has 1 aliphatic heterocycles. The summed E-state index contributed by atoms with van der Waals surface area (Å²) >= 11 is 5.28. The maximum absolute atomic E-state index is 11.5. The fourth-order valence-electron chi connectivity index (χ4n) is 2.99. The first kappa shape index (κ1) is 30.6. The molecule has 0 aromatic carbocycles. The number of amides is 1. The third-order valence-electron chi connectivity index (χ3n) is 4.98. The third kappa shape index (κ3) is 19.0. The molecule has 1 atom stereocenters. The van der Waals surface area contributed by atoms with Crippen molar-refractivity contribution >= 4 is 29.5 Å². The average molecular weight is 506 g/mol. The van der Waals surface area contributed by atoms with Crippen molar-refractivity contribution in [1.82, 2.24) is 20.9 Å². The van der Waals surface area contributed by atoms with E-state index in [1.807, 2.05) is 0 Å². The molecule has 0 aromatic rings. The fourth-order valence-corrected chi connectivity index (χ4v) is 3.19. The van der Waals surface area contributed by atoms with E-state index in [0.717, 1.165) is 58.8 Å². The number of aldehydes is 1. The first-order valence-electron chi connectivity index (χ1n) is 12.1. The minimum absolute atomic E-state index is 0.102. The van der Waals surface area contributed by atoms with Crippen LogP contribution in [-0.2, 0) is 28.5 Å². The Labute approximate surface area is 208 Å². The molecular weight excluding hydrogens is 462 g/mol. The summed E-state index contributed by atoms with van der Waals surface area (Å²) in [5, 5.41) is 9.86. The minimum Gasteiger partial charge on any atom is -0.379 e. The number of hydrogen-bond acceptors (Lipinski definition) is 9. The number of carbonyl (C=O) groups excluding carboxylic acids is 2. The molecule has 1 heterocycles. The van der Waals surface area contributed by atoms with Crippen LogP contribution in [0, 0.1) is 0 Å². The van der Waals surface area contributed by atoms with Gasteiger partial charge in [-0.05, 0) is 31.5 Å². The summed E-state index contributed by atoms with van der Waals surface area (Å²) in [7, 11) is 0. The second-order valence-corrected chi connectivity index (χ2v) is 8.28. The minimum atomic E-state index is -0.570. The largest absolute Gasteiger partial charge is 0.379 e. The average Bonchev–Trinajstić information content (AvgIpc) is 2.85. The van der Waals surface area contributed by atoms with Crippen molar-refractivity contribution in [2.75, 3.05) is 92.1 Å². The Bertz CT molecular complexity index is 540. The zero-order chi connectivity index (χ0) is 24.7. The van der Waals surface area contributed by atoms with E-state index < -0.39 is 6.04 Å². The lowest BCUT2D eigenvalue weighted by molar-refractivity contribution is -0.121. The van der Waals surface area contributed by atoms with Gasteiger partial charge in [-0.25, -0.2) is 0 Å². The quantitative estimate of drug-likeness (QED) is 0.0872. The molecule has 1 amide bonds. The molecule has 1 fully saturated rings. The van der Waals surface area contributed by atoms with E-state index in [1.165, 1.54) is 0 Å². The van der Waals surface area contributed by atoms with Crippen LogP contribution < -0.4 is 21.7 Å². The van der Waals surface area contributed by atoms with Crippen molar-refractivity contribution in [3.8, 4) is 0 Å². The number of rotatable bonds is 21. The molecule has 1 unspecified atom stereocenters. The zero-order valence-corrected chi connectivity index (χ0v) is 21.1. The lowest BCUT2D eigenvalue weighted by Gasteiger charge is -2.26. The van der Waals surface area contributed by atoms with Crippen LogP contribution in [0.1, 0.15) is 25.7 Å². The van der Waals surface area contributed by atoms with Crippen molar-refractivity contribution in [3.05, 3.63) is 0 Å². The van der Waals surface area contributed by atoms with Crippen LogP contribution in [-0.4, -0.2) is 120 Å². The molecular formula is C22H43N5O6S. The van der Waals surface area contributed by atoms with Crippen LogP contribution in [0.2, 0.25) is 0 Å². The fraction of sp³-hybridized carbons (Fsp3) is 0.864. The van der Waals surface area contributed by atoms with Gasteiger partial charge in [0, 0.05) is 58.9 Å². The molecule has 0 bridgehead atoms. The second kappa shape index (κ2) is 22.1. The van der Waals surface area contributed by atoms with Crippen LogP contribution in [0.5, 0.6) is 0 Å². The second-order valence-electron chi connectivity index (χ2n) is 7.87. The SMILES string of the molecule is NC(C=O)CCC(=O)NCCCOCCOCCOCCCNC(=S)NCCN1CCOCC1. The summed E-state index contributed by atoms with van der Waals surface area (Å²) in [6.45, 7) is 9.97. The lowest BCUT2D eigenvalue weighted by atomic mass is 10.2. The van der Waals surface area contributed by atoms with E-state index in [0.29, 0.717) is 64.0 Å². The Morgan fingerprint density at radius 3 is 2.12 bits per heavy atom. The molecule has 12 heteroatoms. The number of nitrogens with one attached hydrogen (secondary N) is 3. The van der Waals surface area contributed by atoms with Crippen LogP contribution in [0.4, 0.5) is 0 Å². The van der Waals surface area contributed by atoms with Crippen molar-refractivity contribution in [3.63, 3.8) is 0 Å². The van der Waals surface area contributed by atoms with E-state index in [9.17, 15) is 9.59 Å². The van der Waals surface area contributed by atoms with E-state index in [4.69, 9.17) is 36.9 Å². The summed E-state index contributed by atoms with van der Waals surface area (Å²) in [5.74, 6) is -0.102. The zero-order valence-electron chi connectivity index (χ0n) is 20.3. The molecule has 0 saturated carbocycles. The van der Waals surface area contributed by atoms with Gasteiger partial charge in [-0.3, -0.25) is 9.69 Å².